The van der Waals surface area contributed by atoms with Gasteiger partial charge in [-0.1, -0.05) is 18.2 Å². The predicted molar refractivity (Wildman–Crippen MR) is 80.2 cm³/mol. The molecule has 0 saturated heterocycles. The summed E-state index contributed by atoms with van der Waals surface area (Å²) < 4.78 is 21.1. The number of aromatic nitrogens is 2. The van der Waals surface area contributed by atoms with Crippen molar-refractivity contribution in [2.24, 2.45) is 5.73 Å². The van der Waals surface area contributed by atoms with Gasteiger partial charge in [-0.2, -0.15) is 0 Å². The van der Waals surface area contributed by atoms with Crippen molar-refractivity contribution in [3.8, 4) is 11.4 Å². The molecule has 2 N–H and O–H groups in total. The number of methoxy groups -OCH3 is 1. The summed E-state index contributed by atoms with van der Waals surface area (Å²) in [5, 5.41) is 0. The van der Waals surface area contributed by atoms with E-state index >= 15 is 0 Å². The second-order valence-electron chi connectivity index (χ2n) is 4.88. The molecule has 3 aromatic rings. The molecule has 1 unspecified atom stereocenters. The zero-order valence-corrected chi connectivity index (χ0v) is 11.9. The Kier molecular flexibility index (Phi) is 3.35. The SMILES string of the molecule is COc1c(F)ccc2nc(C(C)N)n(-c3ccccc3)c12. The zero-order chi connectivity index (χ0) is 15.0. The fourth-order valence-electron chi connectivity index (χ4n) is 2.47. The lowest BCUT2D eigenvalue weighted by Gasteiger charge is -2.13. The van der Waals surface area contributed by atoms with Crippen LogP contribution in [0.5, 0.6) is 5.75 Å². The smallest absolute Gasteiger partial charge is 0.180 e. The Hall–Kier alpha value is -2.40. The van der Waals surface area contributed by atoms with E-state index in [4.69, 9.17) is 10.5 Å². The molecule has 0 saturated carbocycles. The molecule has 0 radical (unpaired) electrons. The van der Waals surface area contributed by atoms with E-state index in [9.17, 15) is 4.39 Å². The van der Waals surface area contributed by atoms with E-state index in [1.54, 1.807) is 6.07 Å². The van der Waals surface area contributed by atoms with Crippen LogP contribution in [0.4, 0.5) is 4.39 Å². The maximum absolute atomic E-state index is 14.0. The first kappa shape index (κ1) is 13.6. The molecule has 21 heavy (non-hydrogen) atoms. The maximum Gasteiger partial charge on any atom is 0.180 e. The predicted octanol–water partition coefficient (Wildman–Crippen LogP) is 3.19. The summed E-state index contributed by atoms with van der Waals surface area (Å²) >= 11 is 0. The second kappa shape index (κ2) is 5.18. The monoisotopic (exact) mass is 285 g/mol. The van der Waals surface area contributed by atoms with Gasteiger partial charge in [-0.05, 0) is 31.2 Å². The molecule has 108 valence electrons. The number of hydrogen-bond donors (Lipinski definition) is 1. The lowest BCUT2D eigenvalue weighted by atomic mass is 10.2. The number of nitrogens with zero attached hydrogens (tertiary/aromatic N) is 2. The maximum atomic E-state index is 14.0. The highest BCUT2D eigenvalue weighted by molar-refractivity contribution is 5.85. The highest BCUT2D eigenvalue weighted by Gasteiger charge is 2.20. The third-order valence-corrected chi connectivity index (χ3v) is 3.38. The van der Waals surface area contributed by atoms with E-state index in [0.29, 0.717) is 16.9 Å². The fourth-order valence-corrected chi connectivity index (χ4v) is 2.47. The standard InChI is InChI=1S/C16H16FN3O/c1-10(18)16-19-13-9-8-12(17)15(21-2)14(13)20(16)11-6-4-3-5-7-11/h3-10H,18H2,1-2H3. The van der Waals surface area contributed by atoms with Crippen LogP contribution < -0.4 is 10.5 Å². The van der Waals surface area contributed by atoms with Crippen LogP contribution in [0.3, 0.4) is 0 Å². The molecule has 2 aromatic carbocycles. The van der Waals surface area contributed by atoms with Crippen LogP contribution in [0.1, 0.15) is 18.8 Å². The Morgan fingerprint density at radius 1 is 1.19 bits per heavy atom. The average Bonchev–Trinajstić information content (AvgIpc) is 2.88. The van der Waals surface area contributed by atoms with Crippen LogP contribution in [0, 0.1) is 5.82 Å². The number of halogens is 1. The quantitative estimate of drug-likeness (QED) is 0.804. The molecule has 0 aliphatic rings. The largest absolute Gasteiger partial charge is 0.491 e. The summed E-state index contributed by atoms with van der Waals surface area (Å²) in [5.74, 6) is 0.425. The molecule has 0 fully saturated rings. The van der Waals surface area contributed by atoms with Crippen molar-refractivity contribution in [1.82, 2.24) is 9.55 Å². The minimum absolute atomic E-state index is 0.177. The lowest BCUT2D eigenvalue weighted by Crippen LogP contribution is -2.12. The molecular weight excluding hydrogens is 269 g/mol. The molecule has 0 bridgehead atoms. The Balaban J connectivity index is 2.44. The highest BCUT2D eigenvalue weighted by atomic mass is 19.1. The van der Waals surface area contributed by atoms with Crippen LogP contribution in [-0.4, -0.2) is 16.7 Å². The summed E-state index contributed by atoms with van der Waals surface area (Å²) in [6, 6.07) is 12.3. The molecule has 5 heteroatoms. The van der Waals surface area contributed by atoms with Crippen molar-refractivity contribution >= 4 is 11.0 Å². The van der Waals surface area contributed by atoms with Crippen molar-refractivity contribution < 1.29 is 9.13 Å². The molecule has 0 aliphatic carbocycles. The van der Waals surface area contributed by atoms with E-state index < -0.39 is 5.82 Å². The van der Waals surface area contributed by atoms with Gasteiger partial charge in [0.2, 0.25) is 0 Å². The number of benzene rings is 2. The van der Waals surface area contributed by atoms with E-state index in [0.717, 1.165) is 5.69 Å². The number of para-hydroxylation sites is 1. The Morgan fingerprint density at radius 2 is 1.90 bits per heavy atom. The summed E-state index contributed by atoms with van der Waals surface area (Å²) in [6.45, 7) is 1.85. The summed E-state index contributed by atoms with van der Waals surface area (Å²) in [5.41, 5.74) is 8.15. The number of imidazole rings is 1. The van der Waals surface area contributed by atoms with Gasteiger partial charge in [0.1, 0.15) is 11.3 Å². The molecule has 4 nitrogen and oxygen atoms in total. The minimum Gasteiger partial charge on any atom is -0.491 e. The zero-order valence-electron chi connectivity index (χ0n) is 11.9. The number of fused-ring (bicyclic) bond motifs is 1. The molecule has 1 heterocycles. The Labute approximate surface area is 122 Å². The molecule has 1 aromatic heterocycles. The topological polar surface area (TPSA) is 53.1 Å². The third-order valence-electron chi connectivity index (χ3n) is 3.38. The van der Waals surface area contributed by atoms with Crippen LogP contribution >= 0.6 is 0 Å². The molecule has 0 amide bonds. The van der Waals surface area contributed by atoms with E-state index in [1.807, 2.05) is 41.8 Å². The average molecular weight is 285 g/mol. The summed E-state index contributed by atoms with van der Waals surface area (Å²) in [6.07, 6.45) is 0. The third kappa shape index (κ3) is 2.15. The Bertz CT molecular complexity index is 781. The van der Waals surface area contributed by atoms with Crippen LogP contribution in [-0.2, 0) is 0 Å². The van der Waals surface area contributed by atoms with E-state index in [-0.39, 0.29) is 11.8 Å². The fraction of sp³-hybridized carbons (Fsp3) is 0.188. The first-order valence-electron chi connectivity index (χ1n) is 6.69. The van der Waals surface area contributed by atoms with Crippen molar-refractivity contribution in [1.29, 1.82) is 0 Å². The molecular formula is C16H16FN3O. The van der Waals surface area contributed by atoms with Gasteiger partial charge in [0, 0.05) is 5.69 Å². The first-order valence-corrected chi connectivity index (χ1v) is 6.69. The lowest BCUT2D eigenvalue weighted by molar-refractivity contribution is 0.390. The van der Waals surface area contributed by atoms with Gasteiger partial charge >= 0.3 is 0 Å². The van der Waals surface area contributed by atoms with Crippen LogP contribution in [0.2, 0.25) is 0 Å². The van der Waals surface area contributed by atoms with Gasteiger partial charge < -0.3 is 10.5 Å². The Morgan fingerprint density at radius 3 is 2.52 bits per heavy atom. The summed E-state index contributed by atoms with van der Waals surface area (Å²) in [7, 11) is 1.45. The summed E-state index contributed by atoms with van der Waals surface area (Å²) in [4.78, 5) is 4.53. The van der Waals surface area contributed by atoms with Crippen LogP contribution in [0.15, 0.2) is 42.5 Å². The van der Waals surface area contributed by atoms with Crippen molar-refractivity contribution in [3.05, 3.63) is 54.1 Å². The van der Waals surface area contributed by atoms with Crippen molar-refractivity contribution in [2.45, 2.75) is 13.0 Å². The number of nitrogens with two attached hydrogens (primary N) is 1. The van der Waals surface area contributed by atoms with Crippen LogP contribution in [0.25, 0.3) is 16.7 Å². The van der Waals surface area contributed by atoms with Gasteiger partial charge in [-0.25, -0.2) is 9.37 Å². The van der Waals surface area contributed by atoms with Gasteiger partial charge in [0.05, 0.1) is 18.7 Å². The second-order valence-corrected chi connectivity index (χ2v) is 4.88. The number of rotatable bonds is 3. The molecule has 0 spiro atoms. The normalized spacial score (nSPS) is 12.6. The highest BCUT2D eigenvalue weighted by Crippen LogP contribution is 2.33. The van der Waals surface area contributed by atoms with Crippen molar-refractivity contribution in [3.63, 3.8) is 0 Å². The van der Waals surface area contributed by atoms with E-state index in [2.05, 4.69) is 4.98 Å². The van der Waals surface area contributed by atoms with Gasteiger partial charge in [-0.15, -0.1) is 0 Å². The first-order chi connectivity index (χ1) is 10.1. The molecule has 3 rings (SSSR count). The number of ether oxygens (including phenoxy) is 1. The van der Waals surface area contributed by atoms with Gasteiger partial charge in [0.15, 0.2) is 11.6 Å². The number of hydrogen-bond acceptors (Lipinski definition) is 3. The molecule has 1 atom stereocenters. The van der Waals surface area contributed by atoms with Gasteiger partial charge in [-0.3, -0.25) is 4.57 Å². The van der Waals surface area contributed by atoms with Gasteiger partial charge in [0.25, 0.3) is 0 Å². The minimum atomic E-state index is -0.418. The van der Waals surface area contributed by atoms with E-state index in [1.165, 1.54) is 13.2 Å². The molecule has 0 aliphatic heterocycles. The van der Waals surface area contributed by atoms with Crippen molar-refractivity contribution in [2.75, 3.05) is 7.11 Å².